The van der Waals surface area contributed by atoms with Gasteiger partial charge in [0.25, 0.3) is 0 Å². The second kappa shape index (κ2) is 6.97. The van der Waals surface area contributed by atoms with Crippen LogP contribution in [-0.2, 0) is 9.59 Å². The largest absolute Gasteiger partial charge is 0.454 e. The summed E-state index contributed by atoms with van der Waals surface area (Å²) in [5, 5.41) is 2.80. The minimum Gasteiger partial charge on any atom is -0.454 e. The maximum atomic E-state index is 11.9. The van der Waals surface area contributed by atoms with Crippen LogP contribution in [0, 0.1) is 0 Å². The molecular formula is C15H20N2O4. The number of benzene rings is 1. The molecule has 1 aliphatic rings. The fourth-order valence-corrected chi connectivity index (χ4v) is 2.04. The number of rotatable bonds is 6. The van der Waals surface area contributed by atoms with E-state index in [1.807, 2.05) is 0 Å². The van der Waals surface area contributed by atoms with Gasteiger partial charge in [0.1, 0.15) is 6.54 Å². The molecule has 1 aromatic rings. The summed E-state index contributed by atoms with van der Waals surface area (Å²) in [6, 6.07) is 5.19. The highest BCUT2D eigenvalue weighted by molar-refractivity contribution is 5.97. The van der Waals surface area contributed by atoms with E-state index in [4.69, 9.17) is 9.47 Å². The van der Waals surface area contributed by atoms with Crippen LogP contribution < -0.4 is 19.7 Å². The van der Waals surface area contributed by atoms with Crippen LogP contribution in [0.3, 0.4) is 0 Å². The zero-order chi connectivity index (χ0) is 15.2. The number of hydrogen-bond donors (Lipinski definition) is 1. The molecule has 1 aliphatic heterocycles. The van der Waals surface area contributed by atoms with Gasteiger partial charge in [-0.15, -0.1) is 0 Å². The lowest BCUT2D eigenvalue weighted by Gasteiger charge is -2.21. The Morgan fingerprint density at radius 1 is 1.29 bits per heavy atom. The van der Waals surface area contributed by atoms with Gasteiger partial charge in [-0.3, -0.25) is 9.59 Å². The summed E-state index contributed by atoms with van der Waals surface area (Å²) in [5.74, 6) is 0.871. The van der Waals surface area contributed by atoms with Gasteiger partial charge in [-0.25, -0.2) is 0 Å². The smallest absolute Gasteiger partial charge is 0.240 e. The number of nitrogens with one attached hydrogen (secondary N) is 1. The molecule has 0 spiro atoms. The molecule has 6 heteroatoms. The molecule has 0 unspecified atom stereocenters. The van der Waals surface area contributed by atoms with E-state index in [2.05, 4.69) is 12.2 Å². The average Bonchev–Trinajstić information content (AvgIpc) is 2.92. The van der Waals surface area contributed by atoms with Crippen LogP contribution in [0.2, 0.25) is 0 Å². The van der Waals surface area contributed by atoms with E-state index in [-0.39, 0.29) is 25.2 Å². The lowest BCUT2D eigenvalue weighted by atomic mass is 10.2. The van der Waals surface area contributed by atoms with Crippen LogP contribution >= 0.6 is 0 Å². The number of amides is 2. The Morgan fingerprint density at radius 3 is 2.76 bits per heavy atom. The number of anilines is 1. The van der Waals surface area contributed by atoms with Crippen molar-refractivity contribution in [3.63, 3.8) is 0 Å². The van der Waals surface area contributed by atoms with Gasteiger partial charge in [-0.05, 0) is 18.6 Å². The first-order valence-electron chi connectivity index (χ1n) is 7.06. The van der Waals surface area contributed by atoms with Crippen molar-refractivity contribution >= 4 is 17.5 Å². The molecule has 21 heavy (non-hydrogen) atoms. The lowest BCUT2D eigenvalue weighted by Crippen LogP contribution is -2.40. The summed E-state index contributed by atoms with van der Waals surface area (Å²) in [6.45, 7) is 4.29. The quantitative estimate of drug-likeness (QED) is 0.810. The molecule has 0 bridgehead atoms. The number of nitrogens with zero attached hydrogens (tertiary/aromatic N) is 1. The number of ether oxygens (including phenoxy) is 2. The van der Waals surface area contributed by atoms with E-state index in [9.17, 15) is 9.59 Å². The number of unbranched alkanes of at least 4 members (excludes halogenated alkanes) is 1. The monoisotopic (exact) mass is 292 g/mol. The molecule has 1 heterocycles. The number of carbonyl (C=O) groups is 2. The molecule has 0 atom stereocenters. The summed E-state index contributed by atoms with van der Waals surface area (Å²) >= 11 is 0. The predicted molar refractivity (Wildman–Crippen MR) is 78.5 cm³/mol. The molecule has 1 aromatic carbocycles. The Labute approximate surface area is 124 Å². The van der Waals surface area contributed by atoms with E-state index in [0.29, 0.717) is 23.7 Å². The highest BCUT2D eigenvalue weighted by Crippen LogP contribution is 2.35. The van der Waals surface area contributed by atoms with E-state index < -0.39 is 0 Å². The zero-order valence-electron chi connectivity index (χ0n) is 12.3. The molecule has 0 aromatic heterocycles. The number of hydrogen-bond acceptors (Lipinski definition) is 4. The number of fused-ring (bicyclic) bond motifs is 1. The van der Waals surface area contributed by atoms with Gasteiger partial charge in [0.05, 0.1) is 0 Å². The molecule has 0 fully saturated rings. The molecule has 6 nitrogen and oxygen atoms in total. The highest BCUT2D eigenvalue weighted by Gasteiger charge is 2.20. The van der Waals surface area contributed by atoms with Crippen LogP contribution in [0.15, 0.2) is 18.2 Å². The third kappa shape index (κ3) is 3.87. The predicted octanol–water partition coefficient (Wildman–Crippen LogP) is 1.68. The topological polar surface area (TPSA) is 67.9 Å². The Hall–Kier alpha value is -2.24. The van der Waals surface area contributed by atoms with E-state index in [1.54, 1.807) is 18.2 Å². The Bertz CT molecular complexity index is 530. The van der Waals surface area contributed by atoms with Gasteiger partial charge in [0, 0.05) is 25.2 Å². The van der Waals surface area contributed by atoms with Crippen LogP contribution in [0.4, 0.5) is 5.69 Å². The summed E-state index contributed by atoms with van der Waals surface area (Å²) < 4.78 is 10.5. The summed E-state index contributed by atoms with van der Waals surface area (Å²) in [4.78, 5) is 25.1. The summed E-state index contributed by atoms with van der Waals surface area (Å²) in [6.07, 6.45) is 1.94. The van der Waals surface area contributed by atoms with Crippen LogP contribution in [0.1, 0.15) is 26.7 Å². The average molecular weight is 292 g/mol. The molecule has 114 valence electrons. The fraction of sp³-hybridized carbons (Fsp3) is 0.467. The Morgan fingerprint density at radius 2 is 2.05 bits per heavy atom. The summed E-state index contributed by atoms with van der Waals surface area (Å²) in [7, 11) is 0. The van der Waals surface area contributed by atoms with Crippen LogP contribution in [0.25, 0.3) is 0 Å². The molecule has 0 saturated carbocycles. The van der Waals surface area contributed by atoms with Gasteiger partial charge < -0.3 is 19.7 Å². The SMILES string of the molecule is CCCCNC(=O)CN(C(C)=O)c1ccc2c(c1)OCO2. The van der Waals surface area contributed by atoms with Crippen molar-refractivity contribution in [2.75, 3.05) is 24.8 Å². The van der Waals surface area contributed by atoms with Crippen LogP contribution in [0.5, 0.6) is 11.5 Å². The minimum atomic E-state index is -0.195. The van der Waals surface area contributed by atoms with Crippen molar-refractivity contribution < 1.29 is 19.1 Å². The normalized spacial score (nSPS) is 12.1. The van der Waals surface area contributed by atoms with Crippen molar-refractivity contribution in [3.8, 4) is 11.5 Å². The molecule has 0 radical (unpaired) electrons. The maximum absolute atomic E-state index is 11.9. The zero-order valence-corrected chi connectivity index (χ0v) is 12.3. The molecule has 2 rings (SSSR count). The molecular weight excluding hydrogens is 272 g/mol. The van der Waals surface area contributed by atoms with Gasteiger partial charge in [0.2, 0.25) is 18.6 Å². The Balaban J connectivity index is 2.05. The third-order valence-corrected chi connectivity index (χ3v) is 3.20. The molecule has 0 aliphatic carbocycles. The third-order valence-electron chi connectivity index (χ3n) is 3.20. The molecule has 1 N–H and O–H groups in total. The van der Waals surface area contributed by atoms with Gasteiger partial charge >= 0.3 is 0 Å². The first-order valence-corrected chi connectivity index (χ1v) is 7.06. The minimum absolute atomic E-state index is 0.00130. The highest BCUT2D eigenvalue weighted by atomic mass is 16.7. The first kappa shape index (κ1) is 15.2. The van der Waals surface area contributed by atoms with Gasteiger partial charge in [-0.1, -0.05) is 13.3 Å². The fourth-order valence-electron chi connectivity index (χ4n) is 2.04. The molecule has 0 saturated heterocycles. The lowest BCUT2D eigenvalue weighted by molar-refractivity contribution is -0.123. The standard InChI is InChI=1S/C15H20N2O4/c1-3-4-7-16-15(19)9-17(11(2)18)12-5-6-13-14(8-12)21-10-20-13/h5-6,8H,3-4,7,9-10H2,1-2H3,(H,16,19). The number of carbonyl (C=O) groups excluding carboxylic acids is 2. The van der Waals surface area contributed by atoms with Gasteiger partial charge in [-0.2, -0.15) is 0 Å². The van der Waals surface area contributed by atoms with E-state index in [0.717, 1.165) is 12.8 Å². The van der Waals surface area contributed by atoms with E-state index in [1.165, 1.54) is 11.8 Å². The maximum Gasteiger partial charge on any atom is 0.240 e. The second-order valence-corrected chi connectivity index (χ2v) is 4.85. The van der Waals surface area contributed by atoms with Crippen molar-refractivity contribution in [2.45, 2.75) is 26.7 Å². The Kier molecular flexibility index (Phi) is 5.03. The first-order chi connectivity index (χ1) is 10.1. The summed E-state index contributed by atoms with van der Waals surface area (Å²) in [5.41, 5.74) is 0.623. The second-order valence-electron chi connectivity index (χ2n) is 4.85. The molecule has 2 amide bonds. The van der Waals surface area contributed by atoms with Crippen LogP contribution in [-0.4, -0.2) is 31.7 Å². The van der Waals surface area contributed by atoms with Crippen molar-refractivity contribution in [2.24, 2.45) is 0 Å². The van der Waals surface area contributed by atoms with Crippen molar-refractivity contribution in [1.29, 1.82) is 0 Å². The van der Waals surface area contributed by atoms with Gasteiger partial charge in [0.15, 0.2) is 11.5 Å². The van der Waals surface area contributed by atoms with E-state index >= 15 is 0 Å². The van der Waals surface area contributed by atoms with Crippen molar-refractivity contribution in [1.82, 2.24) is 5.32 Å². The van der Waals surface area contributed by atoms with Crippen molar-refractivity contribution in [3.05, 3.63) is 18.2 Å².